The van der Waals surface area contributed by atoms with E-state index in [1.54, 1.807) is 28.7 Å². The smallest absolute Gasteiger partial charge is 0.281 e. The Bertz CT molecular complexity index is 1530. The number of nitro benzene ring substituents is 1. The molecular weight excluding hydrogens is 414 g/mol. The van der Waals surface area contributed by atoms with Crippen LogP contribution in [0.2, 0.25) is 5.02 Å². The Balaban J connectivity index is 1.62. The highest BCUT2D eigenvalue weighted by molar-refractivity contribution is 7.15. The molecule has 142 valence electrons. The Morgan fingerprint density at radius 3 is 2.83 bits per heavy atom. The van der Waals surface area contributed by atoms with Gasteiger partial charge in [0, 0.05) is 17.2 Å². The highest BCUT2D eigenvalue weighted by atomic mass is 35.5. The van der Waals surface area contributed by atoms with Crippen molar-refractivity contribution >= 4 is 50.7 Å². The minimum absolute atomic E-state index is 0.149. The van der Waals surface area contributed by atoms with Gasteiger partial charge in [0.15, 0.2) is 4.96 Å². The third-order valence-corrected chi connectivity index (χ3v) is 5.67. The molecule has 3 aromatic heterocycles. The van der Waals surface area contributed by atoms with Gasteiger partial charge >= 0.3 is 0 Å². The van der Waals surface area contributed by atoms with Crippen molar-refractivity contribution in [1.29, 1.82) is 0 Å². The number of nitro groups is 1. The van der Waals surface area contributed by atoms with Crippen LogP contribution < -0.4 is 10.1 Å². The van der Waals surface area contributed by atoms with E-state index in [0.29, 0.717) is 26.6 Å². The molecule has 29 heavy (non-hydrogen) atoms. The van der Waals surface area contributed by atoms with Gasteiger partial charge in [-0.1, -0.05) is 35.1 Å². The van der Waals surface area contributed by atoms with Crippen LogP contribution >= 0.6 is 22.9 Å². The van der Waals surface area contributed by atoms with E-state index >= 15 is 0 Å². The van der Waals surface area contributed by atoms with Gasteiger partial charge in [-0.05, 0) is 36.4 Å². The molecule has 0 atom stereocenters. The van der Waals surface area contributed by atoms with Crippen molar-refractivity contribution in [3.63, 3.8) is 0 Å². The predicted molar refractivity (Wildman–Crippen MR) is 111 cm³/mol. The van der Waals surface area contributed by atoms with Crippen molar-refractivity contribution in [3.05, 3.63) is 90.4 Å². The summed E-state index contributed by atoms with van der Waals surface area (Å²) in [5.74, 6) is 0.731. The van der Waals surface area contributed by atoms with E-state index in [-0.39, 0.29) is 16.3 Å². The molecule has 0 aliphatic heterocycles. The molecule has 0 saturated heterocycles. The maximum atomic E-state index is 12.8. The van der Waals surface area contributed by atoms with Crippen molar-refractivity contribution in [2.45, 2.75) is 0 Å². The highest BCUT2D eigenvalue weighted by Gasteiger charge is 2.19. The lowest BCUT2D eigenvalue weighted by atomic mass is 10.1. The van der Waals surface area contributed by atoms with Crippen LogP contribution in [0, 0.1) is 10.1 Å². The first-order chi connectivity index (χ1) is 14.0. The normalized spacial score (nSPS) is 12.2. The van der Waals surface area contributed by atoms with Crippen molar-refractivity contribution in [2.24, 2.45) is 0 Å². The van der Waals surface area contributed by atoms with Gasteiger partial charge in [0.2, 0.25) is 0 Å². The number of hydrogen-bond donors (Lipinski definition) is 0. The minimum atomic E-state index is -0.512. The molecule has 5 rings (SSSR count). The van der Waals surface area contributed by atoms with E-state index in [1.165, 1.54) is 23.5 Å². The molecule has 0 saturated carbocycles. The number of para-hydroxylation sites is 2. The predicted octanol–water partition coefficient (Wildman–Crippen LogP) is 4.28. The Kier molecular flexibility index (Phi) is 3.97. The molecule has 0 aliphatic carbocycles. The van der Waals surface area contributed by atoms with Gasteiger partial charge in [-0.3, -0.25) is 14.9 Å². The fraction of sp³-hybridized carbons (Fsp3) is 0. The molecule has 0 aliphatic rings. The van der Waals surface area contributed by atoms with Crippen LogP contribution in [0.15, 0.2) is 63.8 Å². The Morgan fingerprint density at radius 1 is 1.17 bits per heavy atom. The van der Waals surface area contributed by atoms with Crippen LogP contribution in [0.5, 0.6) is 0 Å². The van der Waals surface area contributed by atoms with Gasteiger partial charge < -0.3 is 4.42 Å². The second kappa shape index (κ2) is 6.54. The number of halogens is 1. The van der Waals surface area contributed by atoms with Gasteiger partial charge in [0.05, 0.1) is 21.5 Å². The lowest BCUT2D eigenvalue weighted by molar-refractivity contribution is -0.384. The molecule has 0 spiro atoms. The summed E-state index contributed by atoms with van der Waals surface area (Å²) in [7, 11) is 0. The monoisotopic (exact) mass is 423 g/mol. The fourth-order valence-electron chi connectivity index (χ4n) is 3.18. The van der Waals surface area contributed by atoms with E-state index in [9.17, 15) is 14.9 Å². The molecule has 0 bridgehead atoms. The van der Waals surface area contributed by atoms with Crippen LogP contribution in [-0.2, 0) is 0 Å². The van der Waals surface area contributed by atoms with Crippen molar-refractivity contribution in [3.8, 4) is 11.3 Å². The fourth-order valence-corrected chi connectivity index (χ4v) is 4.31. The number of benzene rings is 2. The summed E-state index contributed by atoms with van der Waals surface area (Å²) >= 11 is 7.12. The first-order valence-electron chi connectivity index (χ1n) is 8.47. The van der Waals surface area contributed by atoms with Crippen LogP contribution in [0.4, 0.5) is 5.69 Å². The van der Waals surface area contributed by atoms with Gasteiger partial charge in [0.1, 0.15) is 16.1 Å². The summed E-state index contributed by atoms with van der Waals surface area (Å²) in [5, 5.41) is 11.6. The number of imidazole rings is 1. The first kappa shape index (κ1) is 17.6. The molecule has 2 aromatic carbocycles. The quantitative estimate of drug-likeness (QED) is 0.319. The summed E-state index contributed by atoms with van der Waals surface area (Å²) in [6.07, 6.45) is 1.61. The average molecular weight is 424 g/mol. The van der Waals surface area contributed by atoms with Gasteiger partial charge in [-0.25, -0.2) is 9.38 Å². The van der Waals surface area contributed by atoms with E-state index in [1.807, 2.05) is 24.3 Å². The van der Waals surface area contributed by atoms with Gasteiger partial charge in [-0.2, -0.15) is 0 Å². The molecular formula is C20H10ClN3O4S. The van der Waals surface area contributed by atoms with Crippen molar-refractivity contribution in [1.82, 2.24) is 9.38 Å². The maximum Gasteiger partial charge on any atom is 0.281 e. The second-order valence-electron chi connectivity index (χ2n) is 6.25. The number of thiazole rings is 1. The lowest BCUT2D eigenvalue weighted by Crippen LogP contribution is -2.22. The maximum absolute atomic E-state index is 12.8. The van der Waals surface area contributed by atoms with E-state index in [0.717, 1.165) is 11.0 Å². The summed E-state index contributed by atoms with van der Waals surface area (Å²) in [6, 6.07) is 15.1. The van der Waals surface area contributed by atoms with E-state index in [4.69, 9.17) is 16.0 Å². The van der Waals surface area contributed by atoms with Crippen molar-refractivity contribution < 1.29 is 9.34 Å². The number of furan rings is 1. The average Bonchev–Trinajstić information content (AvgIpc) is 3.38. The molecule has 7 nitrogen and oxygen atoms in total. The van der Waals surface area contributed by atoms with Gasteiger partial charge in [0.25, 0.3) is 11.2 Å². The Morgan fingerprint density at radius 2 is 2.00 bits per heavy atom. The summed E-state index contributed by atoms with van der Waals surface area (Å²) in [5.41, 5.74) is 1.49. The molecule has 9 heteroatoms. The lowest BCUT2D eigenvalue weighted by Gasteiger charge is -2.00. The Hall–Kier alpha value is -3.49. The third kappa shape index (κ3) is 2.89. The van der Waals surface area contributed by atoms with Crippen molar-refractivity contribution in [2.75, 3.05) is 0 Å². The highest BCUT2D eigenvalue weighted by Crippen LogP contribution is 2.33. The SMILES string of the molecule is O=c1c(=Cc2ccc(-c3ccc(Cl)cc3[N+](=O)[O-])o2)sc2nc3ccccc3n12. The number of fused-ring (bicyclic) bond motifs is 3. The Labute approximate surface area is 171 Å². The number of nitrogens with zero attached hydrogens (tertiary/aromatic N) is 3. The molecule has 3 heterocycles. The zero-order valence-electron chi connectivity index (χ0n) is 14.5. The summed E-state index contributed by atoms with van der Waals surface area (Å²) < 4.78 is 7.79. The second-order valence-corrected chi connectivity index (χ2v) is 7.70. The van der Waals surface area contributed by atoms with Crippen LogP contribution in [-0.4, -0.2) is 14.3 Å². The minimum Gasteiger partial charge on any atom is -0.456 e. The first-order valence-corrected chi connectivity index (χ1v) is 9.66. The molecule has 0 amide bonds. The molecule has 0 unspecified atom stereocenters. The topological polar surface area (TPSA) is 90.6 Å². The zero-order chi connectivity index (χ0) is 20.1. The number of rotatable bonds is 3. The van der Waals surface area contributed by atoms with Gasteiger partial charge in [-0.15, -0.1) is 0 Å². The number of aromatic nitrogens is 2. The molecule has 0 radical (unpaired) electrons. The molecule has 0 N–H and O–H groups in total. The molecule has 5 aromatic rings. The van der Waals surface area contributed by atoms with Crippen LogP contribution in [0.1, 0.15) is 5.76 Å². The van der Waals surface area contributed by atoms with Crippen LogP contribution in [0.25, 0.3) is 33.4 Å². The summed E-state index contributed by atoms with van der Waals surface area (Å²) in [6.45, 7) is 0. The molecule has 0 fully saturated rings. The number of hydrogen-bond acceptors (Lipinski definition) is 6. The standard InChI is InChI=1S/C20H10ClN3O4S/c21-11-5-7-13(16(9-11)24(26)27)17-8-6-12(28-17)10-18-19(25)23-15-4-2-1-3-14(15)22-20(23)29-18/h1-10H. The van der Waals surface area contributed by atoms with Crippen LogP contribution in [0.3, 0.4) is 0 Å². The van der Waals surface area contributed by atoms with E-state index < -0.39 is 4.92 Å². The summed E-state index contributed by atoms with van der Waals surface area (Å²) in [4.78, 5) is 28.7. The van der Waals surface area contributed by atoms with E-state index in [2.05, 4.69) is 4.98 Å². The third-order valence-electron chi connectivity index (χ3n) is 4.47. The zero-order valence-corrected chi connectivity index (χ0v) is 16.1. The largest absolute Gasteiger partial charge is 0.456 e.